The average Bonchev–Trinajstić information content (AvgIpc) is 2.25. The van der Waals surface area contributed by atoms with Crippen molar-refractivity contribution in [2.24, 2.45) is 11.1 Å². The Kier molecular flexibility index (Phi) is 4.90. The third kappa shape index (κ3) is 5.62. The van der Waals surface area contributed by atoms with E-state index in [-0.39, 0.29) is 11.2 Å². The maximum Gasteiger partial charge on any atom is 0.215 e. The highest BCUT2D eigenvalue weighted by atomic mass is 32.2. The molecule has 0 bridgehead atoms. The fraction of sp³-hybridized carbons (Fsp3) is 0.538. The van der Waals surface area contributed by atoms with Crippen molar-refractivity contribution in [1.29, 1.82) is 0 Å². The number of hydrogen-bond acceptors (Lipinski definition) is 3. The molecule has 0 saturated heterocycles. The number of hydrogen-bond donors (Lipinski definition) is 2. The molecule has 1 aromatic rings. The fourth-order valence-electron chi connectivity index (χ4n) is 1.44. The maximum absolute atomic E-state index is 11.9. The van der Waals surface area contributed by atoms with E-state index in [4.69, 9.17) is 5.73 Å². The van der Waals surface area contributed by atoms with Crippen molar-refractivity contribution in [3.05, 3.63) is 35.4 Å². The zero-order chi connectivity index (χ0) is 13.8. The van der Waals surface area contributed by atoms with Crippen molar-refractivity contribution in [2.75, 3.05) is 6.54 Å². The summed E-state index contributed by atoms with van der Waals surface area (Å²) in [6.07, 6.45) is 0. The summed E-state index contributed by atoms with van der Waals surface area (Å²) in [6.45, 7) is 6.83. The molecule has 0 atom stereocenters. The molecule has 0 aliphatic carbocycles. The molecule has 18 heavy (non-hydrogen) atoms. The van der Waals surface area contributed by atoms with E-state index < -0.39 is 10.0 Å². The van der Waals surface area contributed by atoms with Gasteiger partial charge in [-0.05, 0) is 16.5 Å². The lowest BCUT2D eigenvalue weighted by atomic mass is 9.98. The second-order valence-corrected chi connectivity index (χ2v) is 7.47. The van der Waals surface area contributed by atoms with E-state index in [0.717, 1.165) is 11.1 Å². The molecule has 1 aromatic carbocycles. The van der Waals surface area contributed by atoms with Crippen molar-refractivity contribution < 1.29 is 8.42 Å². The van der Waals surface area contributed by atoms with Crippen molar-refractivity contribution in [2.45, 2.75) is 33.1 Å². The van der Waals surface area contributed by atoms with Crippen LogP contribution < -0.4 is 10.5 Å². The first-order chi connectivity index (χ1) is 8.22. The lowest BCUT2D eigenvalue weighted by Crippen LogP contribution is -2.33. The zero-order valence-electron chi connectivity index (χ0n) is 11.2. The Morgan fingerprint density at radius 2 is 1.83 bits per heavy atom. The summed E-state index contributed by atoms with van der Waals surface area (Å²) in [6, 6.07) is 7.35. The van der Waals surface area contributed by atoms with Gasteiger partial charge >= 0.3 is 0 Å². The minimum Gasteiger partial charge on any atom is -0.326 e. The van der Waals surface area contributed by atoms with Crippen LogP contribution in [0.25, 0.3) is 0 Å². The molecule has 0 fully saturated rings. The molecule has 0 saturated carbocycles. The molecule has 0 amide bonds. The summed E-state index contributed by atoms with van der Waals surface area (Å²) in [5.74, 6) is -0.00306. The van der Waals surface area contributed by atoms with Crippen molar-refractivity contribution in [3.63, 3.8) is 0 Å². The smallest absolute Gasteiger partial charge is 0.215 e. The van der Waals surface area contributed by atoms with E-state index in [0.29, 0.717) is 13.1 Å². The summed E-state index contributed by atoms with van der Waals surface area (Å²) in [7, 11) is -3.28. The topological polar surface area (TPSA) is 72.2 Å². The SMILES string of the molecule is CC(C)(C)CNS(=O)(=O)Cc1cccc(CN)c1. The summed E-state index contributed by atoms with van der Waals surface area (Å²) in [5.41, 5.74) is 7.18. The molecule has 0 aliphatic heterocycles. The molecule has 3 N–H and O–H groups in total. The third-order valence-corrected chi connectivity index (χ3v) is 3.70. The predicted octanol–water partition coefficient (Wildman–Crippen LogP) is 1.61. The second-order valence-electron chi connectivity index (χ2n) is 5.66. The average molecular weight is 270 g/mol. The minimum absolute atomic E-state index is 0.00306. The van der Waals surface area contributed by atoms with E-state index in [2.05, 4.69) is 4.72 Å². The van der Waals surface area contributed by atoms with E-state index in [1.165, 1.54) is 0 Å². The van der Waals surface area contributed by atoms with Crippen LogP contribution in [0.2, 0.25) is 0 Å². The van der Waals surface area contributed by atoms with Crippen LogP contribution in [0.1, 0.15) is 31.9 Å². The van der Waals surface area contributed by atoms with Gasteiger partial charge in [-0.15, -0.1) is 0 Å². The van der Waals surface area contributed by atoms with Gasteiger partial charge in [-0.3, -0.25) is 0 Å². The van der Waals surface area contributed by atoms with Crippen molar-refractivity contribution in [3.8, 4) is 0 Å². The van der Waals surface area contributed by atoms with Crippen LogP contribution in [0, 0.1) is 5.41 Å². The second kappa shape index (κ2) is 5.82. The van der Waals surface area contributed by atoms with Gasteiger partial charge in [-0.2, -0.15) is 0 Å². The van der Waals surface area contributed by atoms with Gasteiger partial charge in [0.05, 0.1) is 5.75 Å². The molecular formula is C13H22N2O2S. The number of rotatable bonds is 5. The molecule has 4 nitrogen and oxygen atoms in total. The van der Waals surface area contributed by atoms with E-state index in [1.54, 1.807) is 6.07 Å². The number of nitrogens with one attached hydrogen (secondary N) is 1. The van der Waals surface area contributed by atoms with Crippen LogP contribution in [0.15, 0.2) is 24.3 Å². The van der Waals surface area contributed by atoms with Gasteiger partial charge in [0.15, 0.2) is 0 Å². The van der Waals surface area contributed by atoms with Crippen LogP contribution in [0.4, 0.5) is 0 Å². The van der Waals surface area contributed by atoms with Crippen LogP contribution >= 0.6 is 0 Å². The quantitative estimate of drug-likeness (QED) is 0.854. The van der Waals surface area contributed by atoms with Crippen LogP contribution in [0.5, 0.6) is 0 Å². The highest BCUT2D eigenvalue weighted by molar-refractivity contribution is 7.88. The Hall–Kier alpha value is -0.910. The molecule has 5 heteroatoms. The number of sulfonamides is 1. The minimum atomic E-state index is -3.28. The highest BCUT2D eigenvalue weighted by Crippen LogP contribution is 2.13. The van der Waals surface area contributed by atoms with Crippen LogP contribution in [-0.2, 0) is 22.3 Å². The van der Waals surface area contributed by atoms with E-state index in [9.17, 15) is 8.42 Å². The van der Waals surface area contributed by atoms with Gasteiger partial charge in [0, 0.05) is 13.1 Å². The molecule has 0 unspecified atom stereocenters. The van der Waals surface area contributed by atoms with Gasteiger partial charge < -0.3 is 5.73 Å². The highest BCUT2D eigenvalue weighted by Gasteiger charge is 2.16. The Bertz CT molecular complexity index is 490. The van der Waals surface area contributed by atoms with Gasteiger partial charge in [0.2, 0.25) is 10.0 Å². The normalized spacial score (nSPS) is 12.7. The maximum atomic E-state index is 11.9. The summed E-state index contributed by atoms with van der Waals surface area (Å²) < 4.78 is 26.4. The Labute approximate surface area is 110 Å². The lowest BCUT2D eigenvalue weighted by Gasteiger charge is -2.18. The Morgan fingerprint density at radius 3 is 2.39 bits per heavy atom. The van der Waals surface area contributed by atoms with Crippen molar-refractivity contribution in [1.82, 2.24) is 4.72 Å². The molecule has 0 spiro atoms. The largest absolute Gasteiger partial charge is 0.326 e. The fourth-order valence-corrected chi connectivity index (χ4v) is 2.82. The van der Waals surface area contributed by atoms with Gasteiger partial charge in [0.1, 0.15) is 0 Å². The first-order valence-corrected chi connectivity index (χ1v) is 7.62. The first kappa shape index (κ1) is 15.1. The van der Waals surface area contributed by atoms with Gasteiger partial charge in [0.25, 0.3) is 0 Å². The molecule has 0 aliphatic rings. The van der Waals surface area contributed by atoms with Crippen molar-refractivity contribution >= 4 is 10.0 Å². The Morgan fingerprint density at radius 1 is 1.22 bits per heavy atom. The van der Waals surface area contributed by atoms with Gasteiger partial charge in [-0.1, -0.05) is 45.0 Å². The van der Waals surface area contributed by atoms with Gasteiger partial charge in [-0.25, -0.2) is 13.1 Å². The molecular weight excluding hydrogens is 248 g/mol. The lowest BCUT2D eigenvalue weighted by molar-refractivity contribution is 0.407. The molecule has 0 heterocycles. The van der Waals surface area contributed by atoms with E-state index in [1.807, 2.05) is 39.0 Å². The van der Waals surface area contributed by atoms with Crippen LogP contribution in [0.3, 0.4) is 0 Å². The monoisotopic (exact) mass is 270 g/mol. The summed E-state index contributed by atoms with van der Waals surface area (Å²) in [5, 5.41) is 0. The molecule has 102 valence electrons. The number of benzene rings is 1. The summed E-state index contributed by atoms with van der Waals surface area (Å²) in [4.78, 5) is 0. The standard InChI is InChI=1S/C13H22N2O2S/c1-13(2,3)10-15-18(16,17)9-12-6-4-5-11(7-12)8-14/h4-7,15H,8-10,14H2,1-3H3. The van der Waals surface area contributed by atoms with E-state index >= 15 is 0 Å². The third-order valence-electron chi connectivity index (χ3n) is 2.41. The molecule has 1 rings (SSSR count). The number of nitrogens with two attached hydrogens (primary N) is 1. The molecule has 0 radical (unpaired) electrons. The summed E-state index contributed by atoms with van der Waals surface area (Å²) >= 11 is 0. The zero-order valence-corrected chi connectivity index (χ0v) is 12.0. The molecule has 0 aromatic heterocycles. The Balaban J connectivity index is 2.70. The van der Waals surface area contributed by atoms with Crippen LogP contribution in [-0.4, -0.2) is 15.0 Å². The first-order valence-electron chi connectivity index (χ1n) is 5.97. The predicted molar refractivity (Wildman–Crippen MR) is 74.4 cm³/mol.